The molecule has 1 saturated carbocycles. The zero-order chi connectivity index (χ0) is 13.2. The summed E-state index contributed by atoms with van der Waals surface area (Å²) in [5, 5.41) is 2.98. The number of rotatable bonds is 2. The molecule has 3 nitrogen and oxygen atoms in total. The lowest BCUT2D eigenvalue weighted by atomic mass is 9.76. The van der Waals surface area contributed by atoms with Gasteiger partial charge >= 0.3 is 0 Å². The number of benzene rings is 1. The molecule has 0 aromatic heterocycles. The smallest absolute Gasteiger partial charge is 0.244 e. The van der Waals surface area contributed by atoms with Crippen molar-refractivity contribution in [2.75, 3.05) is 5.32 Å². The Balaban J connectivity index is 2.10. The largest absolute Gasteiger partial charge is 0.324 e. The number of carbonyl (C=O) groups is 1. The monoisotopic (exact) mass is 246 g/mol. The fraction of sp³-hybridized carbons (Fsp3) is 0.533. The maximum absolute atomic E-state index is 12.4. The predicted molar refractivity (Wildman–Crippen MR) is 74.4 cm³/mol. The third-order valence-electron chi connectivity index (χ3n) is 3.88. The maximum Gasteiger partial charge on any atom is 0.244 e. The fourth-order valence-corrected chi connectivity index (χ4v) is 2.76. The summed E-state index contributed by atoms with van der Waals surface area (Å²) in [6.45, 7) is 4.16. The second kappa shape index (κ2) is 5.11. The van der Waals surface area contributed by atoms with E-state index >= 15 is 0 Å². The number of nitrogens with two attached hydrogens (primary N) is 1. The van der Waals surface area contributed by atoms with Crippen LogP contribution in [0.1, 0.15) is 38.2 Å². The maximum atomic E-state index is 12.4. The van der Waals surface area contributed by atoms with Crippen molar-refractivity contribution in [2.24, 2.45) is 11.7 Å². The standard InChI is InChI=1S/C15H22N2O/c1-11-6-5-9-15(16,10-11)14(18)17-13-8-4-3-7-12(13)2/h3-4,7-8,11H,5-6,9-10,16H2,1-2H3,(H,17,18). The van der Waals surface area contributed by atoms with Gasteiger partial charge in [-0.05, 0) is 37.3 Å². The van der Waals surface area contributed by atoms with Crippen LogP contribution in [0.15, 0.2) is 24.3 Å². The van der Waals surface area contributed by atoms with Crippen molar-refractivity contribution in [3.63, 3.8) is 0 Å². The minimum absolute atomic E-state index is 0.0386. The van der Waals surface area contributed by atoms with Crippen molar-refractivity contribution < 1.29 is 4.79 Å². The van der Waals surface area contributed by atoms with Gasteiger partial charge in [0.05, 0.1) is 5.54 Å². The molecule has 0 bridgehead atoms. The summed E-state index contributed by atoms with van der Waals surface area (Å²) < 4.78 is 0. The zero-order valence-corrected chi connectivity index (χ0v) is 11.2. The van der Waals surface area contributed by atoms with Crippen LogP contribution in [-0.2, 0) is 4.79 Å². The van der Waals surface area contributed by atoms with Crippen LogP contribution >= 0.6 is 0 Å². The zero-order valence-electron chi connectivity index (χ0n) is 11.2. The molecule has 0 heterocycles. The van der Waals surface area contributed by atoms with Crippen LogP contribution in [0.25, 0.3) is 0 Å². The molecule has 2 rings (SSSR count). The van der Waals surface area contributed by atoms with E-state index in [0.29, 0.717) is 5.92 Å². The van der Waals surface area contributed by atoms with E-state index in [1.165, 1.54) is 6.42 Å². The van der Waals surface area contributed by atoms with E-state index in [2.05, 4.69) is 12.2 Å². The first-order chi connectivity index (χ1) is 8.51. The molecule has 1 fully saturated rings. The quantitative estimate of drug-likeness (QED) is 0.843. The molecule has 0 radical (unpaired) electrons. The van der Waals surface area contributed by atoms with Gasteiger partial charge < -0.3 is 11.1 Å². The minimum Gasteiger partial charge on any atom is -0.324 e. The van der Waals surface area contributed by atoms with E-state index in [1.807, 2.05) is 31.2 Å². The lowest BCUT2D eigenvalue weighted by molar-refractivity contribution is -0.122. The van der Waals surface area contributed by atoms with Gasteiger partial charge in [-0.2, -0.15) is 0 Å². The van der Waals surface area contributed by atoms with Crippen molar-refractivity contribution in [2.45, 2.75) is 45.1 Å². The summed E-state index contributed by atoms with van der Waals surface area (Å²) in [5.41, 5.74) is 7.52. The van der Waals surface area contributed by atoms with Crippen LogP contribution in [0.2, 0.25) is 0 Å². The average molecular weight is 246 g/mol. The van der Waals surface area contributed by atoms with Gasteiger partial charge in [0, 0.05) is 5.69 Å². The van der Waals surface area contributed by atoms with Crippen LogP contribution < -0.4 is 11.1 Å². The molecule has 1 aromatic rings. The van der Waals surface area contributed by atoms with E-state index in [-0.39, 0.29) is 5.91 Å². The van der Waals surface area contributed by atoms with Crippen molar-refractivity contribution in [1.82, 2.24) is 0 Å². The van der Waals surface area contributed by atoms with Gasteiger partial charge in [-0.15, -0.1) is 0 Å². The molecule has 3 heteroatoms. The van der Waals surface area contributed by atoms with E-state index in [9.17, 15) is 4.79 Å². The molecular formula is C15H22N2O. The Hall–Kier alpha value is -1.35. The van der Waals surface area contributed by atoms with E-state index in [4.69, 9.17) is 5.73 Å². The lowest BCUT2D eigenvalue weighted by Crippen LogP contribution is -2.53. The Morgan fingerprint density at radius 3 is 2.83 bits per heavy atom. The first kappa shape index (κ1) is 13.1. The SMILES string of the molecule is Cc1ccccc1NC(=O)C1(N)CCCC(C)C1. The van der Waals surface area contributed by atoms with E-state index in [1.54, 1.807) is 0 Å². The molecule has 1 aliphatic carbocycles. The molecule has 2 unspecified atom stereocenters. The summed E-state index contributed by atoms with van der Waals surface area (Å²) in [7, 11) is 0. The highest BCUT2D eigenvalue weighted by Gasteiger charge is 2.37. The van der Waals surface area contributed by atoms with Gasteiger partial charge in [0.25, 0.3) is 0 Å². The van der Waals surface area contributed by atoms with Crippen LogP contribution in [0.4, 0.5) is 5.69 Å². The van der Waals surface area contributed by atoms with Crippen LogP contribution in [0.3, 0.4) is 0 Å². The molecule has 18 heavy (non-hydrogen) atoms. The Labute approximate surface area is 109 Å². The summed E-state index contributed by atoms with van der Waals surface area (Å²) in [5.74, 6) is 0.495. The van der Waals surface area contributed by atoms with Gasteiger partial charge in [-0.25, -0.2) is 0 Å². The van der Waals surface area contributed by atoms with Gasteiger partial charge in [0.15, 0.2) is 0 Å². The number of amides is 1. The second-order valence-corrected chi connectivity index (χ2v) is 5.63. The van der Waals surface area contributed by atoms with E-state index in [0.717, 1.165) is 30.5 Å². The van der Waals surface area contributed by atoms with Gasteiger partial charge in [0.1, 0.15) is 0 Å². The number of nitrogens with one attached hydrogen (secondary N) is 1. The van der Waals surface area contributed by atoms with Gasteiger partial charge in [0.2, 0.25) is 5.91 Å². The third kappa shape index (κ3) is 2.72. The summed E-state index contributed by atoms with van der Waals surface area (Å²) >= 11 is 0. The predicted octanol–water partition coefficient (Wildman–Crippen LogP) is 2.84. The Morgan fingerprint density at radius 1 is 1.44 bits per heavy atom. The van der Waals surface area contributed by atoms with E-state index < -0.39 is 5.54 Å². The molecular weight excluding hydrogens is 224 g/mol. The molecule has 98 valence electrons. The van der Waals surface area contributed by atoms with Crippen molar-refractivity contribution in [1.29, 1.82) is 0 Å². The van der Waals surface area contributed by atoms with Gasteiger partial charge in [-0.3, -0.25) is 4.79 Å². The van der Waals surface area contributed by atoms with Crippen molar-refractivity contribution >= 4 is 11.6 Å². The molecule has 1 aromatic carbocycles. The Kier molecular flexibility index (Phi) is 3.71. The second-order valence-electron chi connectivity index (χ2n) is 5.63. The number of carbonyl (C=O) groups excluding carboxylic acids is 1. The summed E-state index contributed by atoms with van der Waals surface area (Å²) in [4.78, 5) is 12.4. The number of hydrogen-bond acceptors (Lipinski definition) is 2. The minimum atomic E-state index is -0.694. The molecule has 0 saturated heterocycles. The highest BCUT2D eigenvalue weighted by molar-refractivity contribution is 5.98. The number of aryl methyl sites for hydroxylation is 1. The average Bonchev–Trinajstić information content (AvgIpc) is 2.31. The van der Waals surface area contributed by atoms with Crippen LogP contribution in [0.5, 0.6) is 0 Å². The van der Waals surface area contributed by atoms with Gasteiger partial charge in [-0.1, -0.05) is 38.0 Å². The molecule has 1 amide bonds. The normalized spacial score (nSPS) is 27.8. The highest BCUT2D eigenvalue weighted by atomic mass is 16.2. The summed E-state index contributed by atoms with van der Waals surface area (Å²) in [6, 6.07) is 7.80. The number of para-hydroxylation sites is 1. The Morgan fingerprint density at radius 2 is 2.17 bits per heavy atom. The lowest BCUT2D eigenvalue weighted by Gasteiger charge is -2.35. The van der Waals surface area contributed by atoms with Crippen molar-refractivity contribution in [3.05, 3.63) is 29.8 Å². The number of hydrogen-bond donors (Lipinski definition) is 2. The van der Waals surface area contributed by atoms with Crippen LogP contribution in [0, 0.1) is 12.8 Å². The summed E-state index contributed by atoms with van der Waals surface area (Å²) in [6.07, 6.45) is 3.79. The van der Waals surface area contributed by atoms with Crippen molar-refractivity contribution in [3.8, 4) is 0 Å². The first-order valence-electron chi connectivity index (χ1n) is 6.67. The first-order valence-corrected chi connectivity index (χ1v) is 6.67. The molecule has 2 atom stereocenters. The molecule has 0 spiro atoms. The Bertz CT molecular complexity index is 444. The molecule has 3 N–H and O–H groups in total. The highest BCUT2D eigenvalue weighted by Crippen LogP contribution is 2.31. The number of anilines is 1. The fourth-order valence-electron chi connectivity index (χ4n) is 2.76. The third-order valence-corrected chi connectivity index (χ3v) is 3.88. The van der Waals surface area contributed by atoms with Crippen LogP contribution in [-0.4, -0.2) is 11.4 Å². The molecule has 0 aliphatic heterocycles. The molecule has 1 aliphatic rings. The topological polar surface area (TPSA) is 55.1 Å².